The molecule has 3 saturated heterocycles. The lowest BCUT2D eigenvalue weighted by Gasteiger charge is -2.56. The summed E-state index contributed by atoms with van der Waals surface area (Å²) in [5, 5.41) is 10.4. The fourth-order valence-electron chi connectivity index (χ4n) is 5.05. The summed E-state index contributed by atoms with van der Waals surface area (Å²) in [6, 6.07) is 1.80. The number of rotatable bonds is 3. The smallest absolute Gasteiger partial charge is 0.255 e. The highest BCUT2D eigenvalue weighted by molar-refractivity contribution is 5.94. The summed E-state index contributed by atoms with van der Waals surface area (Å²) < 4.78 is 0. The Labute approximate surface area is 158 Å². The zero-order valence-corrected chi connectivity index (χ0v) is 15.5. The summed E-state index contributed by atoms with van der Waals surface area (Å²) in [6.07, 6.45) is 6.47. The molecule has 3 aliphatic rings. The molecule has 1 aromatic heterocycles. The Hall–Kier alpha value is -2.51. The van der Waals surface area contributed by atoms with Gasteiger partial charge in [-0.25, -0.2) is 0 Å². The summed E-state index contributed by atoms with van der Waals surface area (Å²) in [7, 11) is 0. The van der Waals surface area contributed by atoms with E-state index in [0.29, 0.717) is 37.5 Å². The Balaban J connectivity index is 1.59. The van der Waals surface area contributed by atoms with E-state index in [1.807, 2.05) is 9.80 Å². The highest BCUT2D eigenvalue weighted by Crippen LogP contribution is 2.41. The molecule has 4 atom stereocenters. The first-order valence-electron chi connectivity index (χ1n) is 9.66. The topological polar surface area (TPSA) is 95.5 Å². The van der Waals surface area contributed by atoms with Crippen LogP contribution in [0.3, 0.4) is 0 Å². The van der Waals surface area contributed by atoms with Gasteiger partial charge in [-0.3, -0.25) is 14.4 Å². The number of hydrogen-bond donors (Lipinski definition) is 1. The summed E-state index contributed by atoms with van der Waals surface area (Å²) in [6.45, 7) is 3.21. The minimum atomic E-state index is -0.0928. The molecule has 0 saturated carbocycles. The third-order valence-electron chi connectivity index (χ3n) is 6.18. The van der Waals surface area contributed by atoms with Crippen molar-refractivity contribution in [3.05, 3.63) is 24.0 Å². The molecule has 8 nitrogen and oxygen atoms in total. The number of hydrogen-bond acceptors (Lipinski definition) is 5. The van der Waals surface area contributed by atoms with Gasteiger partial charge in [0.25, 0.3) is 5.91 Å². The van der Waals surface area contributed by atoms with Gasteiger partial charge in [0.15, 0.2) is 0 Å². The van der Waals surface area contributed by atoms with Crippen LogP contribution in [-0.2, 0) is 9.59 Å². The van der Waals surface area contributed by atoms with Crippen LogP contribution in [-0.4, -0.2) is 69.4 Å². The molecular weight excluding hydrogens is 346 g/mol. The standard InChI is InChI=1S/C19H25N5O3/c1-12(25)20-9-17-15-7-14(16-3-2-4-18(26)24(16)17)10-23(11-15)19(27)13-5-6-21-22-8-13/h5-6,8,14-17H,2-4,7,9-11H2,1H3,(H,20,25)/t14-,15+,16+,17+/m1/s1. The number of carbonyl (C=O) groups excluding carboxylic acids is 3. The molecule has 0 radical (unpaired) electrons. The second kappa shape index (κ2) is 7.25. The normalized spacial score (nSPS) is 29.9. The van der Waals surface area contributed by atoms with Crippen molar-refractivity contribution >= 4 is 17.7 Å². The van der Waals surface area contributed by atoms with E-state index >= 15 is 0 Å². The average Bonchev–Trinajstić information content (AvgIpc) is 2.68. The predicted molar refractivity (Wildman–Crippen MR) is 96.5 cm³/mol. The van der Waals surface area contributed by atoms with Crippen molar-refractivity contribution in [1.82, 2.24) is 25.3 Å². The van der Waals surface area contributed by atoms with Crippen molar-refractivity contribution in [2.75, 3.05) is 19.6 Å². The second-order valence-electron chi connectivity index (χ2n) is 7.86. The Bertz CT molecular complexity index is 740. The molecule has 0 aliphatic carbocycles. The van der Waals surface area contributed by atoms with Crippen molar-refractivity contribution in [2.45, 2.75) is 44.7 Å². The molecule has 144 valence electrons. The van der Waals surface area contributed by atoms with E-state index in [2.05, 4.69) is 15.5 Å². The first-order valence-corrected chi connectivity index (χ1v) is 9.66. The molecule has 3 amide bonds. The summed E-state index contributed by atoms with van der Waals surface area (Å²) in [5.74, 6) is 0.528. The number of nitrogens with one attached hydrogen (secondary N) is 1. The molecule has 0 aromatic carbocycles. The predicted octanol–water partition coefficient (Wildman–Crippen LogP) is 0.454. The van der Waals surface area contributed by atoms with E-state index in [9.17, 15) is 14.4 Å². The maximum atomic E-state index is 12.9. The lowest BCUT2D eigenvalue weighted by atomic mass is 9.72. The molecule has 4 rings (SSSR count). The Morgan fingerprint density at radius 3 is 2.81 bits per heavy atom. The van der Waals surface area contributed by atoms with Crippen LogP contribution in [0.15, 0.2) is 18.5 Å². The average molecular weight is 371 g/mol. The third-order valence-corrected chi connectivity index (χ3v) is 6.18. The molecule has 4 heterocycles. The number of fused-ring (bicyclic) bond motifs is 4. The van der Waals surface area contributed by atoms with Crippen LogP contribution in [0.4, 0.5) is 0 Å². The monoisotopic (exact) mass is 371 g/mol. The molecule has 8 heteroatoms. The van der Waals surface area contributed by atoms with Gasteiger partial charge in [-0.15, -0.1) is 0 Å². The van der Waals surface area contributed by atoms with E-state index in [4.69, 9.17) is 0 Å². The molecular formula is C19H25N5O3. The van der Waals surface area contributed by atoms with Crippen LogP contribution in [0, 0.1) is 11.8 Å². The molecule has 3 aliphatic heterocycles. The van der Waals surface area contributed by atoms with Gasteiger partial charge in [0, 0.05) is 39.0 Å². The van der Waals surface area contributed by atoms with Gasteiger partial charge in [0.1, 0.15) is 0 Å². The number of nitrogens with zero attached hydrogens (tertiary/aromatic N) is 4. The molecule has 3 fully saturated rings. The van der Waals surface area contributed by atoms with Crippen LogP contribution in [0.1, 0.15) is 43.0 Å². The van der Waals surface area contributed by atoms with Crippen molar-refractivity contribution in [2.24, 2.45) is 11.8 Å². The van der Waals surface area contributed by atoms with E-state index in [0.717, 1.165) is 19.3 Å². The minimum absolute atomic E-state index is 0.0338. The molecule has 0 spiro atoms. The zero-order valence-electron chi connectivity index (χ0n) is 15.5. The van der Waals surface area contributed by atoms with Crippen molar-refractivity contribution in [3.8, 4) is 0 Å². The number of carbonyl (C=O) groups is 3. The maximum absolute atomic E-state index is 12.9. The Morgan fingerprint density at radius 1 is 1.26 bits per heavy atom. The number of piperidine rings is 3. The van der Waals surface area contributed by atoms with Crippen molar-refractivity contribution in [3.63, 3.8) is 0 Å². The van der Waals surface area contributed by atoms with Gasteiger partial charge < -0.3 is 15.1 Å². The second-order valence-corrected chi connectivity index (χ2v) is 7.86. The highest BCUT2D eigenvalue weighted by Gasteiger charge is 2.50. The number of aromatic nitrogens is 2. The number of amides is 3. The van der Waals surface area contributed by atoms with E-state index in [-0.39, 0.29) is 35.7 Å². The molecule has 1 N–H and O–H groups in total. The highest BCUT2D eigenvalue weighted by atomic mass is 16.2. The van der Waals surface area contributed by atoms with Crippen LogP contribution in [0.2, 0.25) is 0 Å². The molecule has 0 unspecified atom stereocenters. The molecule has 2 bridgehead atoms. The van der Waals surface area contributed by atoms with E-state index in [1.54, 1.807) is 6.07 Å². The number of likely N-dealkylation sites (tertiary alicyclic amines) is 1. The quantitative estimate of drug-likeness (QED) is 0.833. The van der Waals surface area contributed by atoms with Gasteiger partial charge in [-0.05, 0) is 37.2 Å². The van der Waals surface area contributed by atoms with E-state index in [1.165, 1.54) is 19.3 Å². The van der Waals surface area contributed by atoms with Gasteiger partial charge >= 0.3 is 0 Å². The Kier molecular flexibility index (Phi) is 4.80. The first-order chi connectivity index (χ1) is 13.0. The third kappa shape index (κ3) is 3.40. The maximum Gasteiger partial charge on any atom is 0.255 e. The van der Waals surface area contributed by atoms with Gasteiger partial charge in [-0.2, -0.15) is 10.2 Å². The van der Waals surface area contributed by atoms with Crippen LogP contribution in [0.25, 0.3) is 0 Å². The van der Waals surface area contributed by atoms with Gasteiger partial charge in [0.05, 0.1) is 24.0 Å². The van der Waals surface area contributed by atoms with Crippen LogP contribution in [0.5, 0.6) is 0 Å². The summed E-state index contributed by atoms with van der Waals surface area (Å²) in [4.78, 5) is 41.0. The van der Waals surface area contributed by atoms with Crippen molar-refractivity contribution < 1.29 is 14.4 Å². The van der Waals surface area contributed by atoms with Crippen LogP contribution < -0.4 is 5.32 Å². The SMILES string of the molecule is CC(=O)NC[C@H]1[C@H]2C[C@H](CN(C(=O)c3ccnnc3)C2)[C@@H]2CCCC(=O)N21. The fraction of sp³-hybridized carbons (Fsp3) is 0.632. The summed E-state index contributed by atoms with van der Waals surface area (Å²) >= 11 is 0. The lowest BCUT2D eigenvalue weighted by Crippen LogP contribution is -2.67. The fourth-order valence-corrected chi connectivity index (χ4v) is 5.05. The largest absolute Gasteiger partial charge is 0.354 e. The Morgan fingerprint density at radius 2 is 2.07 bits per heavy atom. The van der Waals surface area contributed by atoms with E-state index < -0.39 is 0 Å². The molecule has 27 heavy (non-hydrogen) atoms. The van der Waals surface area contributed by atoms with Gasteiger partial charge in [0.2, 0.25) is 11.8 Å². The van der Waals surface area contributed by atoms with Crippen molar-refractivity contribution in [1.29, 1.82) is 0 Å². The summed E-state index contributed by atoms with van der Waals surface area (Å²) in [5.41, 5.74) is 0.542. The zero-order chi connectivity index (χ0) is 19.0. The van der Waals surface area contributed by atoms with Gasteiger partial charge in [-0.1, -0.05) is 0 Å². The lowest BCUT2D eigenvalue weighted by molar-refractivity contribution is -0.151. The van der Waals surface area contributed by atoms with Crippen LogP contribution >= 0.6 is 0 Å². The first kappa shape index (κ1) is 17.9. The minimum Gasteiger partial charge on any atom is -0.354 e. The molecule has 1 aromatic rings.